The number of fused-ring (bicyclic) bond motifs is 3. The molecule has 0 radical (unpaired) electrons. The summed E-state index contributed by atoms with van der Waals surface area (Å²) >= 11 is 12.7. The van der Waals surface area contributed by atoms with Gasteiger partial charge < -0.3 is 10.1 Å². The van der Waals surface area contributed by atoms with Crippen molar-refractivity contribution in [2.75, 3.05) is 13.1 Å². The summed E-state index contributed by atoms with van der Waals surface area (Å²) in [6, 6.07) is 10.3. The molecule has 4 heteroatoms. The Labute approximate surface area is 172 Å². The highest BCUT2D eigenvalue weighted by atomic mass is 35.5. The Hall–Kier alpha value is -1.22. The summed E-state index contributed by atoms with van der Waals surface area (Å²) < 4.78 is 6.66. The molecule has 0 bridgehead atoms. The number of piperidine rings is 1. The SMILES string of the molecule is CCC(CC)c1cc(-c2ccc(Cl)cc2Cl)cc2c1OC1(C)CCNC[C@@H]21. The predicted octanol–water partition coefficient (Wildman–Crippen LogP) is 6.79. The highest BCUT2D eigenvalue weighted by molar-refractivity contribution is 6.36. The number of ether oxygens (including phenoxy) is 1. The fourth-order valence-corrected chi connectivity index (χ4v) is 5.25. The molecule has 27 heavy (non-hydrogen) atoms. The maximum atomic E-state index is 6.66. The van der Waals surface area contributed by atoms with Crippen LogP contribution in [0, 0.1) is 0 Å². The van der Waals surface area contributed by atoms with Crippen LogP contribution in [-0.4, -0.2) is 18.7 Å². The van der Waals surface area contributed by atoms with Crippen molar-refractivity contribution < 1.29 is 4.74 Å². The molecule has 0 aromatic heterocycles. The van der Waals surface area contributed by atoms with Crippen LogP contribution in [0.2, 0.25) is 10.0 Å². The minimum Gasteiger partial charge on any atom is -0.486 e. The van der Waals surface area contributed by atoms with E-state index >= 15 is 0 Å². The second-order valence-electron chi connectivity index (χ2n) is 8.04. The van der Waals surface area contributed by atoms with E-state index in [1.165, 1.54) is 11.1 Å². The monoisotopic (exact) mass is 403 g/mol. The number of nitrogens with one attached hydrogen (secondary N) is 1. The van der Waals surface area contributed by atoms with Gasteiger partial charge in [-0.15, -0.1) is 0 Å². The zero-order chi connectivity index (χ0) is 19.2. The summed E-state index contributed by atoms with van der Waals surface area (Å²) in [4.78, 5) is 0. The van der Waals surface area contributed by atoms with Crippen LogP contribution in [0.5, 0.6) is 5.75 Å². The van der Waals surface area contributed by atoms with Gasteiger partial charge in [-0.1, -0.05) is 43.1 Å². The van der Waals surface area contributed by atoms with Gasteiger partial charge in [-0.3, -0.25) is 0 Å². The van der Waals surface area contributed by atoms with Crippen LogP contribution in [-0.2, 0) is 0 Å². The van der Waals surface area contributed by atoms with Crippen molar-refractivity contribution in [2.45, 2.75) is 57.5 Å². The molecule has 2 heterocycles. The molecule has 2 aliphatic rings. The maximum absolute atomic E-state index is 6.66. The van der Waals surface area contributed by atoms with E-state index in [0.29, 0.717) is 21.9 Å². The Balaban J connectivity index is 1.91. The fourth-order valence-electron chi connectivity index (χ4n) is 4.73. The first kappa shape index (κ1) is 19.1. The van der Waals surface area contributed by atoms with E-state index < -0.39 is 0 Å². The summed E-state index contributed by atoms with van der Waals surface area (Å²) in [7, 11) is 0. The van der Waals surface area contributed by atoms with Crippen LogP contribution in [0.3, 0.4) is 0 Å². The van der Waals surface area contributed by atoms with Crippen molar-refractivity contribution in [1.29, 1.82) is 0 Å². The van der Waals surface area contributed by atoms with E-state index in [4.69, 9.17) is 27.9 Å². The molecule has 0 amide bonds. The average Bonchev–Trinajstić information content (AvgIpc) is 2.95. The summed E-state index contributed by atoms with van der Waals surface area (Å²) in [6.07, 6.45) is 3.24. The normalized spacial score (nSPS) is 23.9. The Kier molecular flexibility index (Phi) is 5.18. The van der Waals surface area contributed by atoms with Gasteiger partial charge in [0.05, 0.1) is 0 Å². The third-order valence-corrected chi connectivity index (χ3v) is 6.96. The maximum Gasteiger partial charge on any atom is 0.127 e. The lowest BCUT2D eigenvalue weighted by molar-refractivity contribution is 0.0613. The van der Waals surface area contributed by atoms with Crippen molar-refractivity contribution in [1.82, 2.24) is 5.32 Å². The second kappa shape index (κ2) is 7.31. The number of hydrogen-bond acceptors (Lipinski definition) is 2. The fraction of sp³-hybridized carbons (Fsp3) is 0.478. The van der Waals surface area contributed by atoms with Gasteiger partial charge in [0, 0.05) is 33.6 Å². The molecule has 4 rings (SSSR count). The predicted molar refractivity (Wildman–Crippen MR) is 114 cm³/mol. The van der Waals surface area contributed by atoms with Crippen LogP contribution in [0.15, 0.2) is 30.3 Å². The second-order valence-corrected chi connectivity index (χ2v) is 8.89. The lowest BCUT2D eigenvalue weighted by Crippen LogP contribution is -2.47. The van der Waals surface area contributed by atoms with E-state index in [0.717, 1.165) is 49.2 Å². The molecular formula is C23H27Cl2NO. The van der Waals surface area contributed by atoms with Crippen LogP contribution in [0.4, 0.5) is 0 Å². The van der Waals surface area contributed by atoms with Crippen molar-refractivity contribution in [3.63, 3.8) is 0 Å². The minimum absolute atomic E-state index is 0.114. The topological polar surface area (TPSA) is 21.3 Å². The number of hydrogen-bond donors (Lipinski definition) is 1. The van der Waals surface area contributed by atoms with Crippen LogP contribution in [0.1, 0.15) is 63.0 Å². The summed E-state index contributed by atoms with van der Waals surface area (Å²) in [5.74, 6) is 1.98. The van der Waals surface area contributed by atoms with Gasteiger partial charge in [0.2, 0.25) is 0 Å². The molecule has 2 aromatic rings. The highest BCUT2D eigenvalue weighted by Crippen LogP contribution is 2.52. The van der Waals surface area contributed by atoms with E-state index in [-0.39, 0.29) is 5.60 Å². The Bertz CT molecular complexity index is 862. The molecule has 2 aromatic carbocycles. The first-order valence-corrected chi connectivity index (χ1v) is 10.8. The molecule has 1 unspecified atom stereocenters. The number of halogens is 2. The third-order valence-electron chi connectivity index (χ3n) is 6.41. The lowest BCUT2D eigenvalue weighted by atomic mass is 9.79. The van der Waals surface area contributed by atoms with E-state index in [2.05, 4.69) is 38.2 Å². The van der Waals surface area contributed by atoms with Gasteiger partial charge >= 0.3 is 0 Å². The summed E-state index contributed by atoms with van der Waals surface area (Å²) in [6.45, 7) is 8.76. The molecular weight excluding hydrogens is 377 g/mol. The molecule has 2 atom stereocenters. The third kappa shape index (κ3) is 3.26. The molecule has 1 fully saturated rings. The van der Waals surface area contributed by atoms with E-state index in [9.17, 15) is 0 Å². The van der Waals surface area contributed by atoms with Crippen LogP contribution < -0.4 is 10.1 Å². The minimum atomic E-state index is -0.114. The smallest absolute Gasteiger partial charge is 0.127 e. The van der Waals surface area contributed by atoms with E-state index in [1.54, 1.807) is 0 Å². The Morgan fingerprint density at radius 3 is 2.67 bits per heavy atom. The molecule has 2 nitrogen and oxygen atoms in total. The molecule has 2 aliphatic heterocycles. The van der Waals surface area contributed by atoms with Gasteiger partial charge in [-0.05, 0) is 74.0 Å². The van der Waals surface area contributed by atoms with Gasteiger partial charge in [0.1, 0.15) is 11.4 Å². The summed E-state index contributed by atoms with van der Waals surface area (Å²) in [5.41, 5.74) is 4.74. The molecule has 0 aliphatic carbocycles. The van der Waals surface area contributed by atoms with Crippen LogP contribution >= 0.6 is 23.2 Å². The van der Waals surface area contributed by atoms with Gasteiger partial charge in [0.25, 0.3) is 0 Å². The average molecular weight is 404 g/mol. The zero-order valence-corrected chi connectivity index (χ0v) is 17.8. The van der Waals surface area contributed by atoms with Crippen molar-refractivity contribution >= 4 is 23.2 Å². The van der Waals surface area contributed by atoms with Crippen LogP contribution in [0.25, 0.3) is 11.1 Å². The zero-order valence-electron chi connectivity index (χ0n) is 16.2. The number of benzene rings is 2. The molecule has 1 saturated heterocycles. The molecule has 144 valence electrons. The highest BCUT2D eigenvalue weighted by Gasteiger charge is 2.47. The van der Waals surface area contributed by atoms with Gasteiger partial charge in [-0.25, -0.2) is 0 Å². The number of rotatable bonds is 4. The molecule has 0 saturated carbocycles. The standard InChI is InChI=1S/C23H27Cl2NO/c1-4-14(5-2)18-10-15(17-7-6-16(24)12-21(17)25)11-19-20-13-26-9-8-23(20,3)27-22(18)19/h6-7,10-12,14,20,26H,4-5,8-9,13H2,1-3H3/t20-,23?/m0/s1. The lowest BCUT2D eigenvalue weighted by Gasteiger charge is -2.35. The quantitative estimate of drug-likeness (QED) is 0.606. The van der Waals surface area contributed by atoms with Crippen molar-refractivity contribution in [3.05, 3.63) is 51.5 Å². The van der Waals surface area contributed by atoms with E-state index in [1.807, 2.05) is 18.2 Å². The first-order chi connectivity index (χ1) is 13.0. The Morgan fingerprint density at radius 2 is 1.96 bits per heavy atom. The first-order valence-electron chi connectivity index (χ1n) is 9.99. The van der Waals surface area contributed by atoms with Crippen molar-refractivity contribution in [3.8, 4) is 16.9 Å². The largest absolute Gasteiger partial charge is 0.486 e. The molecule has 1 N–H and O–H groups in total. The Morgan fingerprint density at radius 1 is 1.19 bits per heavy atom. The molecule has 0 spiro atoms. The van der Waals surface area contributed by atoms with Gasteiger partial charge in [0.15, 0.2) is 0 Å². The van der Waals surface area contributed by atoms with Crippen molar-refractivity contribution in [2.24, 2.45) is 0 Å². The van der Waals surface area contributed by atoms with Gasteiger partial charge in [-0.2, -0.15) is 0 Å². The summed E-state index contributed by atoms with van der Waals surface area (Å²) in [5, 5.41) is 4.91.